The van der Waals surface area contributed by atoms with Crippen molar-refractivity contribution in [2.75, 3.05) is 19.6 Å². The third-order valence-corrected chi connectivity index (χ3v) is 5.97. The molecule has 0 atom stereocenters. The Morgan fingerprint density at radius 2 is 1.73 bits per heavy atom. The zero-order valence-corrected chi connectivity index (χ0v) is 15.5. The fourth-order valence-electron chi connectivity index (χ4n) is 2.63. The van der Waals surface area contributed by atoms with Crippen molar-refractivity contribution in [2.24, 2.45) is 0 Å². The molecule has 0 radical (unpaired) electrons. The number of halogens is 3. The van der Waals surface area contributed by atoms with E-state index in [1.54, 1.807) is 4.31 Å². The highest BCUT2D eigenvalue weighted by molar-refractivity contribution is 7.89. The summed E-state index contributed by atoms with van der Waals surface area (Å²) in [6.45, 7) is 4.18. The quantitative estimate of drug-likeness (QED) is 0.840. The standard InChI is InChI=1S/C14H20Cl2N2O2S.ClH/c1-2-7-18(13-3-5-17-6-4-13)21(19,20)14-9-11(15)8-12(16)10-14;/h8-10,13,17H,2-7H2,1H3;1H. The Balaban J connectivity index is 0.00000242. The van der Waals surface area contributed by atoms with E-state index < -0.39 is 10.0 Å². The van der Waals surface area contributed by atoms with Gasteiger partial charge in [-0.05, 0) is 50.6 Å². The molecule has 126 valence electrons. The van der Waals surface area contributed by atoms with E-state index in [0.717, 1.165) is 32.4 Å². The minimum atomic E-state index is -3.57. The number of nitrogens with zero attached hydrogens (tertiary/aromatic N) is 1. The Morgan fingerprint density at radius 3 is 2.23 bits per heavy atom. The van der Waals surface area contributed by atoms with Crippen LogP contribution in [0.1, 0.15) is 26.2 Å². The molecule has 1 fully saturated rings. The molecule has 1 N–H and O–H groups in total. The molecule has 1 saturated heterocycles. The van der Waals surface area contributed by atoms with Crippen LogP contribution in [-0.4, -0.2) is 38.4 Å². The highest BCUT2D eigenvalue weighted by atomic mass is 35.5. The Morgan fingerprint density at radius 1 is 1.18 bits per heavy atom. The predicted octanol–water partition coefficient (Wildman–Crippen LogP) is 3.57. The highest BCUT2D eigenvalue weighted by Gasteiger charge is 2.32. The van der Waals surface area contributed by atoms with Gasteiger partial charge in [-0.25, -0.2) is 8.42 Å². The van der Waals surface area contributed by atoms with Crippen molar-refractivity contribution in [3.05, 3.63) is 28.2 Å². The van der Waals surface area contributed by atoms with E-state index in [1.807, 2.05) is 6.92 Å². The molecule has 1 aliphatic rings. The summed E-state index contributed by atoms with van der Waals surface area (Å²) in [5.74, 6) is 0. The molecule has 0 saturated carbocycles. The second-order valence-electron chi connectivity index (χ2n) is 5.20. The summed E-state index contributed by atoms with van der Waals surface area (Å²) >= 11 is 11.9. The van der Waals surface area contributed by atoms with Gasteiger partial charge in [0, 0.05) is 22.6 Å². The Bertz CT molecular complexity index is 570. The van der Waals surface area contributed by atoms with Crippen LogP contribution >= 0.6 is 35.6 Å². The van der Waals surface area contributed by atoms with Gasteiger partial charge < -0.3 is 5.32 Å². The van der Waals surface area contributed by atoms with Crippen LogP contribution in [0.15, 0.2) is 23.1 Å². The number of hydrogen-bond donors (Lipinski definition) is 1. The molecule has 1 aromatic rings. The first-order chi connectivity index (χ1) is 9.95. The fraction of sp³-hybridized carbons (Fsp3) is 0.571. The third-order valence-electron chi connectivity index (χ3n) is 3.60. The number of benzene rings is 1. The van der Waals surface area contributed by atoms with Gasteiger partial charge in [-0.1, -0.05) is 30.1 Å². The number of sulfonamides is 1. The maximum absolute atomic E-state index is 12.9. The number of nitrogens with one attached hydrogen (secondary N) is 1. The van der Waals surface area contributed by atoms with Gasteiger partial charge in [0.1, 0.15) is 0 Å². The first-order valence-electron chi connectivity index (χ1n) is 7.14. The van der Waals surface area contributed by atoms with Crippen LogP contribution in [0.5, 0.6) is 0 Å². The van der Waals surface area contributed by atoms with Crippen LogP contribution in [0, 0.1) is 0 Å². The third kappa shape index (κ3) is 4.73. The van der Waals surface area contributed by atoms with Crippen molar-refractivity contribution >= 4 is 45.6 Å². The highest BCUT2D eigenvalue weighted by Crippen LogP contribution is 2.27. The van der Waals surface area contributed by atoms with Gasteiger partial charge in [0.15, 0.2) is 0 Å². The van der Waals surface area contributed by atoms with Crippen LogP contribution < -0.4 is 5.32 Å². The van der Waals surface area contributed by atoms with E-state index in [2.05, 4.69) is 5.32 Å². The maximum atomic E-state index is 12.9. The summed E-state index contributed by atoms with van der Waals surface area (Å²) in [6.07, 6.45) is 2.43. The van der Waals surface area contributed by atoms with Crippen LogP contribution in [-0.2, 0) is 10.0 Å². The lowest BCUT2D eigenvalue weighted by Crippen LogP contribution is -2.46. The summed E-state index contributed by atoms with van der Waals surface area (Å²) in [7, 11) is -3.57. The smallest absolute Gasteiger partial charge is 0.243 e. The number of hydrogen-bond acceptors (Lipinski definition) is 3. The average Bonchev–Trinajstić information content (AvgIpc) is 2.44. The summed E-state index contributed by atoms with van der Waals surface area (Å²) < 4.78 is 27.4. The number of piperidine rings is 1. The van der Waals surface area contributed by atoms with E-state index in [1.165, 1.54) is 18.2 Å². The van der Waals surface area contributed by atoms with Gasteiger partial charge in [-0.3, -0.25) is 0 Å². The predicted molar refractivity (Wildman–Crippen MR) is 93.8 cm³/mol. The minimum Gasteiger partial charge on any atom is -0.317 e. The normalized spacial score (nSPS) is 16.5. The zero-order chi connectivity index (χ0) is 15.5. The van der Waals surface area contributed by atoms with Gasteiger partial charge in [-0.2, -0.15) is 4.31 Å². The molecular formula is C14H21Cl3N2O2S. The monoisotopic (exact) mass is 386 g/mol. The molecular weight excluding hydrogens is 367 g/mol. The lowest BCUT2D eigenvalue weighted by Gasteiger charge is -2.33. The molecule has 0 bridgehead atoms. The van der Waals surface area contributed by atoms with Crippen LogP contribution in [0.3, 0.4) is 0 Å². The molecule has 22 heavy (non-hydrogen) atoms. The minimum absolute atomic E-state index is 0. The molecule has 0 unspecified atom stereocenters. The van der Waals surface area contributed by atoms with E-state index in [0.29, 0.717) is 16.6 Å². The largest absolute Gasteiger partial charge is 0.317 e. The summed E-state index contributed by atoms with van der Waals surface area (Å²) in [5, 5.41) is 3.93. The van der Waals surface area contributed by atoms with Crippen LogP contribution in [0.4, 0.5) is 0 Å². The molecule has 1 heterocycles. The summed E-state index contributed by atoms with van der Waals surface area (Å²) in [6, 6.07) is 4.50. The van der Waals surface area contributed by atoms with E-state index in [4.69, 9.17) is 23.2 Å². The molecule has 2 rings (SSSR count). The molecule has 0 aliphatic carbocycles. The molecule has 8 heteroatoms. The summed E-state index contributed by atoms with van der Waals surface area (Å²) in [4.78, 5) is 0.173. The topological polar surface area (TPSA) is 49.4 Å². The zero-order valence-electron chi connectivity index (χ0n) is 12.4. The van der Waals surface area contributed by atoms with Gasteiger partial charge in [-0.15, -0.1) is 12.4 Å². The SMILES string of the molecule is CCCN(C1CCNCC1)S(=O)(=O)c1cc(Cl)cc(Cl)c1.Cl. The molecule has 0 aromatic heterocycles. The van der Waals surface area contributed by atoms with Crippen molar-refractivity contribution < 1.29 is 8.42 Å². The van der Waals surface area contributed by atoms with E-state index >= 15 is 0 Å². The Hall–Kier alpha value is -0.0400. The fourth-order valence-corrected chi connectivity index (χ4v) is 5.13. The van der Waals surface area contributed by atoms with Gasteiger partial charge in [0.2, 0.25) is 10.0 Å². The van der Waals surface area contributed by atoms with Crippen molar-refractivity contribution in [3.8, 4) is 0 Å². The lowest BCUT2D eigenvalue weighted by molar-refractivity contribution is 0.262. The second kappa shape index (κ2) is 8.71. The Labute approximate surface area is 148 Å². The molecule has 1 aliphatic heterocycles. The molecule has 1 aromatic carbocycles. The van der Waals surface area contributed by atoms with Gasteiger partial charge >= 0.3 is 0 Å². The van der Waals surface area contributed by atoms with Crippen molar-refractivity contribution in [1.29, 1.82) is 0 Å². The molecule has 4 nitrogen and oxygen atoms in total. The van der Waals surface area contributed by atoms with Crippen molar-refractivity contribution in [2.45, 2.75) is 37.1 Å². The molecule has 0 spiro atoms. The van der Waals surface area contributed by atoms with Crippen molar-refractivity contribution in [3.63, 3.8) is 0 Å². The van der Waals surface area contributed by atoms with Gasteiger partial charge in [0.05, 0.1) is 4.90 Å². The summed E-state index contributed by atoms with van der Waals surface area (Å²) in [5.41, 5.74) is 0. The van der Waals surface area contributed by atoms with Gasteiger partial charge in [0.25, 0.3) is 0 Å². The van der Waals surface area contributed by atoms with E-state index in [-0.39, 0.29) is 23.3 Å². The lowest BCUT2D eigenvalue weighted by atomic mass is 10.1. The van der Waals surface area contributed by atoms with E-state index in [9.17, 15) is 8.42 Å². The first-order valence-corrected chi connectivity index (χ1v) is 9.33. The van der Waals surface area contributed by atoms with Crippen molar-refractivity contribution in [1.82, 2.24) is 9.62 Å². The number of rotatable bonds is 5. The maximum Gasteiger partial charge on any atom is 0.243 e. The van der Waals surface area contributed by atoms with Crippen LogP contribution in [0.2, 0.25) is 10.0 Å². The average molecular weight is 388 g/mol. The van der Waals surface area contributed by atoms with Crippen LogP contribution in [0.25, 0.3) is 0 Å². The molecule has 0 amide bonds. The first kappa shape index (κ1) is 20.0. The second-order valence-corrected chi connectivity index (χ2v) is 7.97. The Kier molecular flexibility index (Phi) is 7.92.